The van der Waals surface area contributed by atoms with Crippen molar-refractivity contribution in [3.05, 3.63) is 29.1 Å². The van der Waals surface area contributed by atoms with Crippen molar-refractivity contribution in [2.45, 2.75) is 0 Å². The van der Waals surface area contributed by atoms with Crippen LogP contribution in [0.15, 0.2) is 22.6 Å². The maximum Gasteiger partial charge on any atom is 0.293 e. The molecule has 3 nitrogen and oxygen atoms in total. The van der Waals surface area contributed by atoms with Gasteiger partial charge in [0.05, 0.1) is 5.56 Å². The van der Waals surface area contributed by atoms with Gasteiger partial charge in [-0.25, -0.2) is 0 Å². The molecule has 0 saturated carbocycles. The molecule has 1 aromatic carbocycles. The zero-order valence-electron chi connectivity index (χ0n) is 5.95. The molecule has 1 aromatic heterocycles. The first kappa shape index (κ1) is 7.31. The highest BCUT2D eigenvalue weighted by Gasteiger charge is 2.06. The molecule has 4 heteroatoms. The van der Waals surface area contributed by atoms with Crippen LogP contribution < -0.4 is 0 Å². The van der Waals surface area contributed by atoms with Crippen molar-refractivity contribution in [3.63, 3.8) is 0 Å². The Hall–Kier alpha value is -1.35. The van der Waals surface area contributed by atoms with E-state index in [-0.39, 0.29) is 5.35 Å². The summed E-state index contributed by atoms with van der Waals surface area (Å²) in [7, 11) is 0. The van der Waals surface area contributed by atoms with Gasteiger partial charge in [0.15, 0.2) is 11.9 Å². The lowest BCUT2D eigenvalue weighted by Gasteiger charge is -1.88. The summed E-state index contributed by atoms with van der Waals surface area (Å²) in [6.45, 7) is 0. The van der Waals surface area contributed by atoms with Gasteiger partial charge in [-0.2, -0.15) is 4.98 Å². The molecule has 0 spiro atoms. The Labute approximate surface area is 73.0 Å². The lowest BCUT2D eigenvalue weighted by atomic mass is 10.2. The lowest BCUT2D eigenvalue weighted by Crippen LogP contribution is -1.78. The number of hydrogen-bond donors (Lipinski definition) is 0. The molecule has 12 heavy (non-hydrogen) atoms. The molecule has 0 unspecified atom stereocenters. The second-order valence-electron chi connectivity index (χ2n) is 2.28. The van der Waals surface area contributed by atoms with E-state index >= 15 is 0 Å². The summed E-state index contributed by atoms with van der Waals surface area (Å²) in [5.41, 5.74) is 1.51. The van der Waals surface area contributed by atoms with E-state index in [1.807, 2.05) is 0 Å². The van der Waals surface area contributed by atoms with Crippen LogP contribution >= 0.6 is 11.6 Å². The van der Waals surface area contributed by atoms with E-state index in [1.54, 1.807) is 18.2 Å². The highest BCUT2D eigenvalue weighted by molar-refractivity contribution is 6.28. The van der Waals surface area contributed by atoms with Gasteiger partial charge in [0.1, 0.15) is 5.52 Å². The van der Waals surface area contributed by atoms with Crippen molar-refractivity contribution in [1.82, 2.24) is 4.98 Å². The van der Waals surface area contributed by atoms with Crippen LogP contribution in [0.25, 0.3) is 11.1 Å². The van der Waals surface area contributed by atoms with E-state index in [1.165, 1.54) is 0 Å². The number of rotatable bonds is 1. The molecule has 0 bridgehead atoms. The lowest BCUT2D eigenvalue weighted by molar-refractivity contribution is 0.112. The smallest absolute Gasteiger partial charge is 0.293 e. The molecule has 0 radical (unpaired) electrons. The topological polar surface area (TPSA) is 43.1 Å². The van der Waals surface area contributed by atoms with Gasteiger partial charge >= 0.3 is 0 Å². The number of hydrogen-bond acceptors (Lipinski definition) is 3. The first-order valence-electron chi connectivity index (χ1n) is 3.31. The second kappa shape index (κ2) is 2.60. The van der Waals surface area contributed by atoms with Crippen LogP contribution in [0.5, 0.6) is 0 Å². The van der Waals surface area contributed by atoms with Gasteiger partial charge in [-0.1, -0.05) is 6.07 Å². The molecule has 0 aliphatic carbocycles. The van der Waals surface area contributed by atoms with E-state index < -0.39 is 0 Å². The SMILES string of the molecule is O=Cc1cccc2nc(Cl)oc12. The summed E-state index contributed by atoms with van der Waals surface area (Å²) in [4.78, 5) is 14.4. The standard InChI is InChI=1S/C8H4ClNO2/c9-8-10-6-3-1-2-5(4-11)7(6)12-8/h1-4H. The maximum absolute atomic E-state index is 10.5. The quantitative estimate of drug-likeness (QED) is 0.634. The van der Waals surface area contributed by atoms with Crippen LogP contribution in [0.3, 0.4) is 0 Å². The zero-order chi connectivity index (χ0) is 8.55. The van der Waals surface area contributed by atoms with Crippen LogP contribution in [0.1, 0.15) is 10.4 Å². The van der Waals surface area contributed by atoms with Crippen LogP contribution in [0.4, 0.5) is 0 Å². The zero-order valence-corrected chi connectivity index (χ0v) is 6.71. The van der Waals surface area contributed by atoms with E-state index in [0.717, 1.165) is 0 Å². The number of nitrogens with zero attached hydrogens (tertiary/aromatic N) is 1. The van der Waals surface area contributed by atoms with E-state index in [2.05, 4.69) is 4.98 Å². The van der Waals surface area contributed by atoms with Gasteiger partial charge < -0.3 is 4.42 Å². The largest absolute Gasteiger partial charge is 0.427 e. The fraction of sp³-hybridized carbons (Fsp3) is 0. The third-order valence-corrected chi connectivity index (χ3v) is 1.71. The summed E-state index contributed by atoms with van der Waals surface area (Å²) in [6, 6.07) is 5.11. The molecule has 0 atom stereocenters. The van der Waals surface area contributed by atoms with Crippen molar-refractivity contribution in [2.75, 3.05) is 0 Å². The first-order chi connectivity index (χ1) is 5.81. The summed E-state index contributed by atoms with van der Waals surface area (Å²) >= 11 is 5.52. The number of aldehydes is 1. The average molecular weight is 182 g/mol. The number of aromatic nitrogens is 1. The van der Waals surface area contributed by atoms with Gasteiger partial charge in [0, 0.05) is 0 Å². The molecule has 1 heterocycles. The van der Waals surface area contributed by atoms with Gasteiger partial charge in [0.25, 0.3) is 5.35 Å². The maximum atomic E-state index is 10.5. The molecule has 2 rings (SSSR count). The number of halogens is 1. The van der Waals surface area contributed by atoms with Gasteiger partial charge in [0.2, 0.25) is 0 Å². The molecule has 0 aliphatic rings. The Bertz CT molecular complexity index is 436. The monoisotopic (exact) mass is 181 g/mol. The highest BCUT2D eigenvalue weighted by atomic mass is 35.5. The fourth-order valence-corrected chi connectivity index (χ4v) is 1.20. The number of carbonyl (C=O) groups excluding carboxylic acids is 1. The Balaban J connectivity index is 2.86. The van der Waals surface area contributed by atoms with E-state index in [9.17, 15) is 4.79 Å². The van der Waals surface area contributed by atoms with Crippen molar-refractivity contribution in [1.29, 1.82) is 0 Å². The molecule has 0 fully saturated rings. The number of carbonyl (C=O) groups is 1. The van der Waals surface area contributed by atoms with Crippen LogP contribution in [-0.2, 0) is 0 Å². The van der Waals surface area contributed by atoms with Gasteiger partial charge in [-0.3, -0.25) is 4.79 Å². The van der Waals surface area contributed by atoms with E-state index in [0.29, 0.717) is 22.9 Å². The third kappa shape index (κ3) is 0.987. The molecule has 0 N–H and O–H groups in total. The minimum absolute atomic E-state index is 0.0549. The number of fused-ring (bicyclic) bond motifs is 1. The van der Waals surface area contributed by atoms with Crippen LogP contribution in [-0.4, -0.2) is 11.3 Å². The van der Waals surface area contributed by atoms with E-state index in [4.69, 9.17) is 16.0 Å². The number of benzene rings is 1. The van der Waals surface area contributed by atoms with Crippen molar-refractivity contribution in [2.24, 2.45) is 0 Å². The summed E-state index contributed by atoms with van der Waals surface area (Å²) < 4.78 is 5.01. The van der Waals surface area contributed by atoms with Gasteiger partial charge in [-0.05, 0) is 23.7 Å². The molecule has 0 amide bonds. The minimum atomic E-state index is 0.0549. The minimum Gasteiger partial charge on any atom is -0.427 e. The normalized spacial score (nSPS) is 10.4. The molecule has 2 aromatic rings. The molecular weight excluding hydrogens is 178 g/mol. The number of oxazole rings is 1. The first-order valence-corrected chi connectivity index (χ1v) is 3.69. The van der Waals surface area contributed by atoms with Crippen LogP contribution in [0, 0.1) is 0 Å². The summed E-state index contributed by atoms with van der Waals surface area (Å²) in [6.07, 6.45) is 0.712. The van der Waals surface area contributed by atoms with Gasteiger partial charge in [-0.15, -0.1) is 0 Å². The third-order valence-electron chi connectivity index (χ3n) is 1.55. The average Bonchev–Trinajstić information content (AvgIpc) is 2.44. The Morgan fingerprint density at radius 3 is 3.08 bits per heavy atom. The molecular formula is C8H4ClNO2. The van der Waals surface area contributed by atoms with Crippen LogP contribution in [0.2, 0.25) is 5.35 Å². The predicted molar refractivity (Wildman–Crippen MR) is 44.4 cm³/mol. The molecule has 0 saturated heterocycles. The van der Waals surface area contributed by atoms with Crippen molar-refractivity contribution >= 4 is 29.0 Å². The molecule has 60 valence electrons. The fourth-order valence-electron chi connectivity index (χ4n) is 1.04. The summed E-state index contributed by atoms with van der Waals surface area (Å²) in [5, 5.41) is 0.0549. The Kier molecular flexibility index (Phi) is 1.59. The second-order valence-corrected chi connectivity index (χ2v) is 2.60. The highest BCUT2D eigenvalue weighted by Crippen LogP contribution is 2.20. The Morgan fingerprint density at radius 2 is 2.33 bits per heavy atom. The van der Waals surface area contributed by atoms with Crippen molar-refractivity contribution in [3.8, 4) is 0 Å². The Morgan fingerprint density at radius 1 is 1.50 bits per heavy atom. The summed E-state index contributed by atoms with van der Waals surface area (Å²) in [5.74, 6) is 0. The predicted octanol–water partition coefficient (Wildman–Crippen LogP) is 2.29. The number of para-hydroxylation sites is 1. The van der Waals surface area contributed by atoms with Crippen molar-refractivity contribution < 1.29 is 9.21 Å². The molecule has 0 aliphatic heterocycles.